The van der Waals surface area contributed by atoms with Crippen LogP contribution in [0.2, 0.25) is 0 Å². The summed E-state index contributed by atoms with van der Waals surface area (Å²) < 4.78 is 0. The van der Waals surface area contributed by atoms with Crippen LogP contribution in [0.3, 0.4) is 0 Å². The first-order valence-electron chi connectivity index (χ1n) is 11.9. The highest BCUT2D eigenvalue weighted by Crippen LogP contribution is 2.45. The van der Waals surface area contributed by atoms with E-state index in [2.05, 4.69) is 20.9 Å². The molecule has 0 unspecified atom stereocenters. The summed E-state index contributed by atoms with van der Waals surface area (Å²) >= 11 is 0. The number of rotatable bonds is 6. The van der Waals surface area contributed by atoms with Crippen LogP contribution >= 0.6 is 0 Å². The van der Waals surface area contributed by atoms with Gasteiger partial charge in [0.05, 0.1) is 12.0 Å². The highest BCUT2D eigenvalue weighted by molar-refractivity contribution is 5.90. The zero-order chi connectivity index (χ0) is 22.6. The summed E-state index contributed by atoms with van der Waals surface area (Å²) in [7, 11) is 1.73. The zero-order valence-corrected chi connectivity index (χ0v) is 18.9. The van der Waals surface area contributed by atoms with E-state index in [1.807, 2.05) is 12.1 Å². The maximum atomic E-state index is 12.8. The zero-order valence-electron chi connectivity index (χ0n) is 18.9. The summed E-state index contributed by atoms with van der Waals surface area (Å²) in [5.41, 5.74) is 1.31. The average Bonchev–Trinajstić information content (AvgIpc) is 3.12. The number of aromatic nitrogens is 1. The summed E-state index contributed by atoms with van der Waals surface area (Å²) in [6.45, 7) is 2.96. The monoisotopic (exact) mass is 441 g/mol. The largest absolute Gasteiger partial charge is 0.354 e. The van der Waals surface area contributed by atoms with Gasteiger partial charge in [-0.15, -0.1) is 0 Å². The van der Waals surface area contributed by atoms with Gasteiger partial charge in [0, 0.05) is 44.9 Å². The van der Waals surface area contributed by atoms with Crippen LogP contribution in [0.4, 0.5) is 0 Å². The number of likely N-dealkylation sites (tertiary alicyclic amines) is 1. The van der Waals surface area contributed by atoms with Crippen molar-refractivity contribution >= 4 is 17.7 Å². The molecule has 8 nitrogen and oxygen atoms in total. The minimum Gasteiger partial charge on any atom is -0.354 e. The molecule has 3 aliphatic rings. The Labute approximate surface area is 189 Å². The van der Waals surface area contributed by atoms with Crippen LogP contribution in [0.15, 0.2) is 24.5 Å². The van der Waals surface area contributed by atoms with Crippen molar-refractivity contribution in [3.05, 3.63) is 30.1 Å². The summed E-state index contributed by atoms with van der Waals surface area (Å²) in [4.78, 5) is 43.4. The molecule has 1 aromatic heterocycles. The van der Waals surface area contributed by atoms with Gasteiger partial charge in [0.15, 0.2) is 0 Å². The van der Waals surface area contributed by atoms with E-state index < -0.39 is 5.92 Å². The highest BCUT2D eigenvalue weighted by Gasteiger charge is 2.42. The number of piperidine rings is 1. The number of pyridine rings is 1. The fraction of sp³-hybridized carbons (Fsp3) is 0.667. The van der Waals surface area contributed by atoms with Crippen LogP contribution in [-0.2, 0) is 14.4 Å². The minimum absolute atomic E-state index is 0.0453. The van der Waals surface area contributed by atoms with Crippen LogP contribution in [-0.4, -0.2) is 60.8 Å². The molecule has 3 N–H and O–H groups in total. The van der Waals surface area contributed by atoms with Crippen LogP contribution < -0.4 is 16.0 Å². The molecule has 32 heavy (non-hydrogen) atoms. The molecule has 2 atom stereocenters. The Hall–Kier alpha value is -2.48. The molecular formula is C24H35N5O3. The standard InChI is InChI=1S/C24H35N5O3/c1-29-20(30)15-19(21(29)18-3-2-10-26-16-18)23(32)28-14-13-27-22(31)17-4-6-24(7-5-17)8-11-25-12-9-24/h2-3,10,16-17,19,21,25H,4-9,11-15H2,1H3,(H,27,31)(H,28,32)/t19-,21+/m0/s1. The second kappa shape index (κ2) is 9.98. The smallest absolute Gasteiger partial charge is 0.226 e. The number of hydrogen-bond acceptors (Lipinski definition) is 5. The SMILES string of the molecule is CN1C(=O)C[C@H](C(=O)NCCNC(=O)C2CCC3(CCNCC3)CC2)[C@H]1c1cccnc1. The molecule has 2 aliphatic heterocycles. The molecule has 4 rings (SSSR count). The van der Waals surface area contributed by atoms with Crippen molar-refractivity contribution in [2.75, 3.05) is 33.2 Å². The molecule has 1 aliphatic carbocycles. The highest BCUT2D eigenvalue weighted by atomic mass is 16.2. The van der Waals surface area contributed by atoms with Crippen molar-refractivity contribution < 1.29 is 14.4 Å². The molecule has 8 heteroatoms. The van der Waals surface area contributed by atoms with Crippen LogP contribution in [0.1, 0.15) is 56.6 Å². The molecule has 0 radical (unpaired) electrons. The lowest BCUT2D eigenvalue weighted by Crippen LogP contribution is -2.43. The molecule has 0 bridgehead atoms. The Morgan fingerprint density at radius 1 is 1.12 bits per heavy atom. The lowest BCUT2D eigenvalue weighted by Gasteiger charge is -2.42. The van der Waals surface area contributed by atoms with Gasteiger partial charge >= 0.3 is 0 Å². The van der Waals surface area contributed by atoms with Gasteiger partial charge in [0.25, 0.3) is 0 Å². The van der Waals surface area contributed by atoms with E-state index >= 15 is 0 Å². The Morgan fingerprint density at radius 3 is 2.47 bits per heavy atom. The Kier molecular flexibility index (Phi) is 7.08. The fourth-order valence-corrected chi connectivity index (χ4v) is 5.71. The fourth-order valence-electron chi connectivity index (χ4n) is 5.71. The normalized spacial score (nSPS) is 25.7. The Morgan fingerprint density at radius 2 is 1.81 bits per heavy atom. The summed E-state index contributed by atoms with van der Waals surface area (Å²) in [5.74, 6) is -0.464. The second-order valence-electron chi connectivity index (χ2n) is 9.65. The molecule has 1 spiro atoms. The molecule has 3 heterocycles. The van der Waals surface area contributed by atoms with Gasteiger partial charge in [-0.25, -0.2) is 0 Å². The van der Waals surface area contributed by atoms with Gasteiger partial charge in [-0.3, -0.25) is 19.4 Å². The minimum atomic E-state index is -0.452. The first kappa shape index (κ1) is 22.7. The molecular weight excluding hydrogens is 406 g/mol. The van der Waals surface area contributed by atoms with Gasteiger partial charge in [-0.05, 0) is 68.7 Å². The van der Waals surface area contributed by atoms with Crippen LogP contribution in [0, 0.1) is 17.3 Å². The van der Waals surface area contributed by atoms with Crippen molar-refractivity contribution in [1.82, 2.24) is 25.8 Å². The third kappa shape index (κ3) is 4.95. The number of nitrogens with zero attached hydrogens (tertiary/aromatic N) is 2. The van der Waals surface area contributed by atoms with E-state index in [1.165, 1.54) is 12.8 Å². The number of nitrogens with one attached hydrogen (secondary N) is 3. The van der Waals surface area contributed by atoms with Crippen molar-refractivity contribution in [2.24, 2.45) is 17.3 Å². The van der Waals surface area contributed by atoms with Gasteiger partial charge in [-0.1, -0.05) is 6.07 Å². The van der Waals surface area contributed by atoms with E-state index in [1.54, 1.807) is 24.3 Å². The quantitative estimate of drug-likeness (QED) is 0.579. The van der Waals surface area contributed by atoms with Gasteiger partial charge in [-0.2, -0.15) is 0 Å². The maximum Gasteiger partial charge on any atom is 0.226 e. The molecule has 2 saturated heterocycles. The summed E-state index contributed by atoms with van der Waals surface area (Å²) in [5, 5.41) is 9.34. The molecule has 3 amide bonds. The lowest BCUT2D eigenvalue weighted by molar-refractivity contribution is -0.128. The Bertz CT molecular complexity index is 814. The molecule has 1 aromatic rings. The molecule has 174 valence electrons. The maximum absolute atomic E-state index is 12.8. The molecule has 1 saturated carbocycles. The first-order chi connectivity index (χ1) is 15.5. The van der Waals surface area contributed by atoms with Crippen molar-refractivity contribution in [3.63, 3.8) is 0 Å². The summed E-state index contributed by atoms with van der Waals surface area (Å²) in [6.07, 6.45) is 10.2. The topological polar surface area (TPSA) is 103 Å². The van der Waals surface area contributed by atoms with Gasteiger partial charge in [0.2, 0.25) is 17.7 Å². The first-order valence-corrected chi connectivity index (χ1v) is 11.9. The molecule has 3 fully saturated rings. The number of amides is 3. The van der Waals surface area contributed by atoms with Gasteiger partial charge in [0.1, 0.15) is 0 Å². The van der Waals surface area contributed by atoms with E-state index in [4.69, 9.17) is 0 Å². The Balaban J connectivity index is 1.21. The number of carbonyl (C=O) groups is 3. The van der Waals surface area contributed by atoms with E-state index in [-0.39, 0.29) is 36.1 Å². The van der Waals surface area contributed by atoms with Crippen molar-refractivity contribution in [1.29, 1.82) is 0 Å². The molecule has 0 aromatic carbocycles. The predicted octanol–water partition coefficient (Wildman–Crippen LogP) is 1.39. The average molecular weight is 442 g/mol. The third-order valence-electron chi connectivity index (χ3n) is 7.75. The van der Waals surface area contributed by atoms with Crippen LogP contribution in [0.5, 0.6) is 0 Å². The lowest BCUT2D eigenvalue weighted by atomic mass is 9.65. The van der Waals surface area contributed by atoms with E-state index in [0.29, 0.717) is 18.5 Å². The number of carbonyl (C=O) groups excluding carboxylic acids is 3. The predicted molar refractivity (Wildman–Crippen MR) is 120 cm³/mol. The number of hydrogen-bond donors (Lipinski definition) is 3. The van der Waals surface area contributed by atoms with E-state index in [9.17, 15) is 14.4 Å². The van der Waals surface area contributed by atoms with Crippen molar-refractivity contribution in [2.45, 2.75) is 51.0 Å². The third-order valence-corrected chi connectivity index (χ3v) is 7.75. The summed E-state index contributed by atoms with van der Waals surface area (Å²) in [6, 6.07) is 3.40. The van der Waals surface area contributed by atoms with Crippen molar-refractivity contribution in [3.8, 4) is 0 Å². The van der Waals surface area contributed by atoms with E-state index in [0.717, 1.165) is 44.3 Å². The van der Waals surface area contributed by atoms with Crippen LogP contribution in [0.25, 0.3) is 0 Å². The van der Waals surface area contributed by atoms with Gasteiger partial charge < -0.3 is 20.9 Å². The second-order valence-corrected chi connectivity index (χ2v) is 9.65.